The van der Waals surface area contributed by atoms with E-state index in [1.807, 2.05) is 6.07 Å². The maximum absolute atomic E-state index is 5.89. The maximum atomic E-state index is 5.89. The Morgan fingerprint density at radius 1 is 1.56 bits per heavy atom. The predicted octanol–water partition coefficient (Wildman–Crippen LogP) is 0.783. The molecule has 0 amide bonds. The SMILES string of the molecule is Clc1ccc2nc(NCC3COCCN3)nn2c1. The van der Waals surface area contributed by atoms with Crippen molar-refractivity contribution in [2.75, 3.05) is 31.6 Å². The fourth-order valence-electron chi connectivity index (χ4n) is 1.90. The van der Waals surface area contributed by atoms with Crippen molar-refractivity contribution < 1.29 is 4.74 Å². The fourth-order valence-corrected chi connectivity index (χ4v) is 2.05. The van der Waals surface area contributed by atoms with E-state index in [1.54, 1.807) is 16.8 Å². The number of rotatable bonds is 3. The third-order valence-electron chi connectivity index (χ3n) is 2.80. The second-order valence-electron chi connectivity index (χ2n) is 4.19. The molecule has 0 aliphatic carbocycles. The lowest BCUT2D eigenvalue weighted by Crippen LogP contribution is -2.45. The molecule has 0 saturated carbocycles. The van der Waals surface area contributed by atoms with Crippen LogP contribution in [0.15, 0.2) is 18.3 Å². The van der Waals surface area contributed by atoms with Gasteiger partial charge in [-0.25, -0.2) is 4.52 Å². The summed E-state index contributed by atoms with van der Waals surface area (Å²) in [6.07, 6.45) is 1.73. The van der Waals surface area contributed by atoms with Crippen LogP contribution in [0.4, 0.5) is 5.95 Å². The van der Waals surface area contributed by atoms with Crippen molar-refractivity contribution in [3.05, 3.63) is 23.4 Å². The first kappa shape index (κ1) is 11.7. The number of aromatic nitrogens is 3. The van der Waals surface area contributed by atoms with Crippen LogP contribution in [0.5, 0.6) is 0 Å². The zero-order valence-electron chi connectivity index (χ0n) is 9.77. The maximum Gasteiger partial charge on any atom is 0.243 e. The highest BCUT2D eigenvalue weighted by molar-refractivity contribution is 6.30. The zero-order chi connectivity index (χ0) is 12.4. The first-order valence-corrected chi connectivity index (χ1v) is 6.26. The topological polar surface area (TPSA) is 63.5 Å². The quantitative estimate of drug-likeness (QED) is 0.861. The summed E-state index contributed by atoms with van der Waals surface area (Å²) < 4.78 is 7.04. The van der Waals surface area contributed by atoms with Gasteiger partial charge in [0.15, 0.2) is 5.65 Å². The first-order valence-electron chi connectivity index (χ1n) is 5.88. The Kier molecular flexibility index (Phi) is 3.31. The van der Waals surface area contributed by atoms with Gasteiger partial charge in [-0.05, 0) is 12.1 Å². The number of hydrogen-bond donors (Lipinski definition) is 2. The predicted molar refractivity (Wildman–Crippen MR) is 69.1 cm³/mol. The molecule has 96 valence electrons. The van der Waals surface area contributed by atoms with Gasteiger partial charge < -0.3 is 15.4 Å². The zero-order valence-corrected chi connectivity index (χ0v) is 10.5. The third-order valence-corrected chi connectivity index (χ3v) is 3.02. The smallest absolute Gasteiger partial charge is 0.243 e. The Morgan fingerprint density at radius 2 is 2.50 bits per heavy atom. The average molecular weight is 268 g/mol. The van der Waals surface area contributed by atoms with Crippen LogP contribution < -0.4 is 10.6 Å². The molecule has 1 saturated heterocycles. The Balaban J connectivity index is 1.67. The Hall–Kier alpha value is -1.37. The molecule has 1 atom stereocenters. The molecule has 1 aliphatic heterocycles. The molecule has 0 radical (unpaired) electrons. The van der Waals surface area contributed by atoms with Crippen molar-refractivity contribution >= 4 is 23.2 Å². The number of ether oxygens (including phenoxy) is 1. The van der Waals surface area contributed by atoms with E-state index in [9.17, 15) is 0 Å². The average Bonchev–Trinajstić information content (AvgIpc) is 2.79. The molecule has 1 aliphatic rings. The van der Waals surface area contributed by atoms with Gasteiger partial charge in [-0.3, -0.25) is 0 Å². The monoisotopic (exact) mass is 267 g/mol. The number of morpholine rings is 1. The standard InChI is InChI=1S/C11H14ClN5O/c12-8-1-2-10-15-11(16-17(10)6-8)14-5-9-7-18-4-3-13-9/h1-2,6,9,13H,3-5,7H2,(H,14,16). The van der Waals surface area contributed by atoms with Gasteiger partial charge in [-0.15, -0.1) is 5.10 Å². The van der Waals surface area contributed by atoms with Gasteiger partial charge in [0.05, 0.1) is 18.2 Å². The number of hydrogen-bond acceptors (Lipinski definition) is 5. The molecule has 3 rings (SSSR count). The molecular weight excluding hydrogens is 254 g/mol. The van der Waals surface area contributed by atoms with Gasteiger partial charge in [-0.2, -0.15) is 4.98 Å². The summed E-state index contributed by atoms with van der Waals surface area (Å²) in [5.74, 6) is 0.602. The molecular formula is C11H14ClN5O. The van der Waals surface area contributed by atoms with Gasteiger partial charge in [0.25, 0.3) is 0 Å². The molecule has 2 aromatic rings. The van der Waals surface area contributed by atoms with E-state index in [2.05, 4.69) is 20.7 Å². The molecule has 2 N–H and O–H groups in total. The van der Waals surface area contributed by atoms with Crippen LogP contribution in [0, 0.1) is 0 Å². The lowest BCUT2D eigenvalue weighted by molar-refractivity contribution is 0.0806. The minimum Gasteiger partial charge on any atom is -0.378 e. The Bertz CT molecular complexity index is 537. The highest BCUT2D eigenvalue weighted by atomic mass is 35.5. The number of nitrogens with one attached hydrogen (secondary N) is 2. The number of anilines is 1. The summed E-state index contributed by atoms with van der Waals surface area (Å²) in [5.41, 5.74) is 0.773. The molecule has 6 nitrogen and oxygen atoms in total. The van der Waals surface area contributed by atoms with Crippen molar-refractivity contribution in [2.24, 2.45) is 0 Å². The van der Waals surface area contributed by atoms with E-state index in [-0.39, 0.29) is 0 Å². The molecule has 18 heavy (non-hydrogen) atoms. The second kappa shape index (κ2) is 5.09. The Labute approximate surface area is 109 Å². The fraction of sp³-hybridized carbons (Fsp3) is 0.455. The van der Waals surface area contributed by atoms with Crippen molar-refractivity contribution in [3.8, 4) is 0 Å². The van der Waals surface area contributed by atoms with Crippen LogP contribution in [0.1, 0.15) is 0 Å². The number of pyridine rings is 1. The lowest BCUT2D eigenvalue weighted by Gasteiger charge is -2.23. The molecule has 0 bridgehead atoms. The molecule has 1 unspecified atom stereocenters. The summed E-state index contributed by atoms with van der Waals surface area (Å²) >= 11 is 5.89. The number of halogens is 1. The van der Waals surface area contributed by atoms with Crippen molar-refractivity contribution in [1.29, 1.82) is 0 Å². The van der Waals surface area contributed by atoms with Crippen molar-refractivity contribution in [1.82, 2.24) is 19.9 Å². The van der Waals surface area contributed by atoms with Crippen LogP contribution in [-0.2, 0) is 4.74 Å². The molecule has 3 heterocycles. The van der Waals surface area contributed by atoms with Crippen LogP contribution in [-0.4, -0.2) is 46.9 Å². The van der Waals surface area contributed by atoms with E-state index in [0.717, 1.165) is 25.3 Å². The summed E-state index contributed by atoms with van der Waals surface area (Å²) in [7, 11) is 0. The summed E-state index contributed by atoms with van der Waals surface area (Å²) in [4.78, 5) is 4.35. The van der Waals surface area contributed by atoms with Crippen molar-refractivity contribution in [2.45, 2.75) is 6.04 Å². The van der Waals surface area contributed by atoms with E-state index in [0.29, 0.717) is 23.6 Å². The molecule has 1 fully saturated rings. The molecule has 0 spiro atoms. The largest absolute Gasteiger partial charge is 0.378 e. The van der Waals surface area contributed by atoms with Crippen LogP contribution in [0.25, 0.3) is 5.65 Å². The molecule has 2 aromatic heterocycles. The van der Waals surface area contributed by atoms with Crippen LogP contribution in [0.3, 0.4) is 0 Å². The van der Waals surface area contributed by atoms with E-state index >= 15 is 0 Å². The van der Waals surface area contributed by atoms with E-state index in [4.69, 9.17) is 16.3 Å². The van der Waals surface area contributed by atoms with Gasteiger partial charge in [0.2, 0.25) is 5.95 Å². The minimum atomic E-state index is 0.300. The van der Waals surface area contributed by atoms with Gasteiger partial charge in [-0.1, -0.05) is 11.6 Å². The van der Waals surface area contributed by atoms with Gasteiger partial charge in [0, 0.05) is 25.3 Å². The second-order valence-corrected chi connectivity index (χ2v) is 4.63. The normalized spacial score (nSPS) is 20.2. The Morgan fingerprint density at radius 3 is 3.33 bits per heavy atom. The third kappa shape index (κ3) is 2.55. The van der Waals surface area contributed by atoms with Gasteiger partial charge in [0.1, 0.15) is 0 Å². The first-order chi connectivity index (χ1) is 8.81. The molecule has 7 heteroatoms. The highest BCUT2D eigenvalue weighted by Gasteiger charge is 2.13. The van der Waals surface area contributed by atoms with Gasteiger partial charge >= 0.3 is 0 Å². The van der Waals surface area contributed by atoms with Crippen LogP contribution >= 0.6 is 11.6 Å². The summed E-state index contributed by atoms with van der Waals surface area (Å²) in [6.45, 7) is 3.12. The van der Waals surface area contributed by atoms with E-state index < -0.39 is 0 Å². The summed E-state index contributed by atoms with van der Waals surface area (Å²) in [5, 5.41) is 11.5. The number of nitrogens with zero attached hydrogens (tertiary/aromatic N) is 3. The highest BCUT2D eigenvalue weighted by Crippen LogP contribution is 2.11. The molecule has 0 aromatic carbocycles. The summed E-state index contributed by atoms with van der Waals surface area (Å²) in [6, 6.07) is 3.93. The minimum absolute atomic E-state index is 0.300. The lowest BCUT2D eigenvalue weighted by atomic mass is 10.3. The van der Waals surface area contributed by atoms with E-state index in [1.165, 1.54) is 0 Å². The number of fused-ring (bicyclic) bond motifs is 1. The van der Waals surface area contributed by atoms with Crippen molar-refractivity contribution in [3.63, 3.8) is 0 Å². The van der Waals surface area contributed by atoms with Crippen LogP contribution in [0.2, 0.25) is 5.02 Å².